The van der Waals surface area contributed by atoms with Crippen LogP contribution in [-0.4, -0.2) is 20.8 Å². The molecule has 0 aliphatic heterocycles. The van der Waals surface area contributed by atoms with Gasteiger partial charge in [0.2, 0.25) is 0 Å². The Kier molecular flexibility index (Phi) is 3.44. The fourth-order valence-corrected chi connectivity index (χ4v) is 2.63. The van der Waals surface area contributed by atoms with E-state index in [9.17, 15) is 31.4 Å². The van der Waals surface area contributed by atoms with E-state index in [-0.39, 0.29) is 17.8 Å². The normalized spacial score (nSPS) is 20.4. The van der Waals surface area contributed by atoms with E-state index in [1.807, 2.05) is 0 Å². The van der Waals surface area contributed by atoms with Crippen molar-refractivity contribution in [3.8, 4) is 5.69 Å². The number of halogens is 6. The van der Waals surface area contributed by atoms with E-state index in [4.69, 9.17) is 0 Å². The number of hydrogen-bond acceptors (Lipinski definition) is 2. The molecule has 1 heterocycles. The predicted molar refractivity (Wildman–Crippen MR) is 66.8 cm³/mol. The molecule has 23 heavy (non-hydrogen) atoms. The third kappa shape index (κ3) is 2.58. The van der Waals surface area contributed by atoms with Crippen molar-refractivity contribution in [3.05, 3.63) is 47.0 Å². The van der Waals surface area contributed by atoms with Crippen molar-refractivity contribution < 1.29 is 31.4 Å². The highest BCUT2D eigenvalue weighted by Crippen LogP contribution is 2.46. The first-order valence-electron chi connectivity index (χ1n) is 6.62. The van der Waals surface area contributed by atoms with Crippen LogP contribution in [-0.2, 0) is 12.6 Å². The van der Waals surface area contributed by atoms with Gasteiger partial charge in [0.15, 0.2) is 5.69 Å². The lowest BCUT2D eigenvalue weighted by atomic mass is 9.89. The minimum absolute atomic E-state index is 0.0931. The van der Waals surface area contributed by atoms with Gasteiger partial charge in [-0.3, -0.25) is 0 Å². The summed E-state index contributed by atoms with van der Waals surface area (Å²) in [5.74, 6) is -4.26. The highest BCUT2D eigenvalue weighted by Gasteiger charge is 2.51. The average molecular weight is 336 g/mol. The zero-order valence-corrected chi connectivity index (χ0v) is 11.4. The van der Waals surface area contributed by atoms with Gasteiger partial charge < -0.3 is 5.11 Å². The van der Waals surface area contributed by atoms with Crippen molar-refractivity contribution in [1.29, 1.82) is 0 Å². The van der Waals surface area contributed by atoms with Gasteiger partial charge in [-0.05, 0) is 30.7 Å². The molecule has 0 amide bonds. The summed E-state index contributed by atoms with van der Waals surface area (Å²) in [5, 5.41) is 13.0. The number of nitrogens with zero attached hydrogens (tertiary/aromatic N) is 2. The van der Waals surface area contributed by atoms with Crippen LogP contribution in [0.2, 0.25) is 0 Å². The fraction of sp³-hybridized carbons (Fsp3) is 0.357. The monoisotopic (exact) mass is 336 g/mol. The maximum Gasteiger partial charge on any atom is 0.435 e. The van der Waals surface area contributed by atoms with E-state index >= 15 is 0 Å². The molecule has 1 N–H and O–H groups in total. The molecule has 1 aromatic carbocycles. The number of rotatable bonds is 1. The fourth-order valence-electron chi connectivity index (χ4n) is 2.63. The lowest BCUT2D eigenvalue weighted by Gasteiger charge is -2.28. The Hall–Kier alpha value is -2.03. The zero-order valence-electron chi connectivity index (χ0n) is 11.4. The second-order valence-electron chi connectivity index (χ2n) is 5.26. The standard InChI is InChI=1S/C14H10F6N2O/c15-7-1-3-8(4-2-7)22-9-5-6-13(16,17)12(23)10(9)11(21-22)14(18,19)20/h1-4,12,23H,5-6H2. The molecular weight excluding hydrogens is 326 g/mol. The topological polar surface area (TPSA) is 38.1 Å². The van der Waals surface area contributed by atoms with Crippen LogP contribution in [0.15, 0.2) is 24.3 Å². The van der Waals surface area contributed by atoms with Crippen LogP contribution in [0.4, 0.5) is 26.3 Å². The van der Waals surface area contributed by atoms with Gasteiger partial charge in [0.1, 0.15) is 11.9 Å². The van der Waals surface area contributed by atoms with E-state index in [0.29, 0.717) is 0 Å². The largest absolute Gasteiger partial charge is 0.435 e. The summed E-state index contributed by atoms with van der Waals surface area (Å²) in [7, 11) is 0. The highest BCUT2D eigenvalue weighted by atomic mass is 19.4. The Morgan fingerprint density at radius 1 is 1.17 bits per heavy atom. The summed E-state index contributed by atoms with van der Waals surface area (Å²) in [4.78, 5) is 0. The Bertz CT molecular complexity index is 735. The molecule has 2 aromatic rings. The van der Waals surface area contributed by atoms with Gasteiger partial charge in [0.25, 0.3) is 5.92 Å². The van der Waals surface area contributed by atoms with Crippen LogP contribution in [0.3, 0.4) is 0 Å². The molecule has 1 aliphatic carbocycles. The molecule has 1 atom stereocenters. The number of aromatic nitrogens is 2. The molecule has 124 valence electrons. The number of aliphatic hydroxyl groups is 1. The molecular formula is C14H10F6N2O. The molecule has 0 saturated heterocycles. The summed E-state index contributed by atoms with van der Waals surface area (Å²) in [5.41, 5.74) is -2.53. The first-order chi connectivity index (χ1) is 10.6. The average Bonchev–Trinajstić information content (AvgIpc) is 2.84. The highest BCUT2D eigenvalue weighted by molar-refractivity contribution is 5.42. The molecule has 3 nitrogen and oxygen atoms in total. The van der Waals surface area contributed by atoms with Crippen molar-refractivity contribution in [3.63, 3.8) is 0 Å². The van der Waals surface area contributed by atoms with E-state index in [1.165, 1.54) is 12.1 Å². The quantitative estimate of drug-likeness (QED) is 0.808. The van der Waals surface area contributed by atoms with Gasteiger partial charge in [-0.15, -0.1) is 0 Å². The van der Waals surface area contributed by atoms with E-state index in [0.717, 1.165) is 16.8 Å². The van der Waals surface area contributed by atoms with Crippen molar-refractivity contribution in [2.45, 2.75) is 31.0 Å². The van der Waals surface area contributed by atoms with Crippen molar-refractivity contribution >= 4 is 0 Å². The maximum atomic E-state index is 13.6. The molecule has 1 aliphatic rings. The molecule has 0 spiro atoms. The first-order valence-corrected chi connectivity index (χ1v) is 6.62. The van der Waals surface area contributed by atoms with Gasteiger partial charge in [-0.2, -0.15) is 18.3 Å². The zero-order chi connectivity index (χ0) is 17.0. The van der Waals surface area contributed by atoms with E-state index < -0.39 is 41.7 Å². The second-order valence-corrected chi connectivity index (χ2v) is 5.26. The van der Waals surface area contributed by atoms with Crippen molar-refractivity contribution in [2.75, 3.05) is 0 Å². The van der Waals surface area contributed by atoms with Crippen LogP contribution in [0.5, 0.6) is 0 Å². The molecule has 0 bridgehead atoms. The number of alkyl halides is 5. The molecule has 0 radical (unpaired) electrons. The maximum absolute atomic E-state index is 13.6. The number of hydrogen-bond donors (Lipinski definition) is 1. The Morgan fingerprint density at radius 3 is 2.35 bits per heavy atom. The minimum Gasteiger partial charge on any atom is -0.382 e. The Morgan fingerprint density at radius 2 is 1.78 bits per heavy atom. The summed E-state index contributed by atoms with van der Waals surface area (Å²) in [6.45, 7) is 0. The van der Waals surface area contributed by atoms with Crippen LogP contribution >= 0.6 is 0 Å². The molecule has 9 heteroatoms. The van der Waals surface area contributed by atoms with Crippen molar-refractivity contribution in [1.82, 2.24) is 9.78 Å². The SMILES string of the molecule is OC1c2c(C(F)(F)F)nn(-c3ccc(F)cc3)c2CCC1(F)F. The number of fused-ring (bicyclic) bond motifs is 1. The van der Waals surface area contributed by atoms with Gasteiger partial charge in [-0.1, -0.05) is 0 Å². The van der Waals surface area contributed by atoms with Crippen LogP contribution in [0, 0.1) is 5.82 Å². The summed E-state index contributed by atoms with van der Waals surface area (Å²) < 4.78 is 80.3. The third-order valence-electron chi connectivity index (χ3n) is 3.73. The third-order valence-corrected chi connectivity index (χ3v) is 3.73. The van der Waals surface area contributed by atoms with E-state index in [2.05, 4.69) is 5.10 Å². The summed E-state index contributed by atoms with van der Waals surface area (Å²) in [6.07, 6.45) is -8.77. The van der Waals surface area contributed by atoms with Crippen LogP contribution in [0.1, 0.15) is 29.5 Å². The molecule has 1 unspecified atom stereocenters. The number of aliphatic hydroxyl groups excluding tert-OH is 1. The predicted octanol–water partition coefficient (Wildman–Crippen LogP) is 3.65. The lowest BCUT2D eigenvalue weighted by Crippen LogP contribution is -2.33. The molecule has 0 saturated carbocycles. The first kappa shape index (κ1) is 15.9. The Balaban J connectivity index is 2.23. The summed E-state index contributed by atoms with van der Waals surface area (Å²) in [6, 6.07) is 4.40. The Labute approximate surface area is 126 Å². The van der Waals surface area contributed by atoms with E-state index in [1.54, 1.807) is 0 Å². The second kappa shape index (κ2) is 4.98. The summed E-state index contributed by atoms with van der Waals surface area (Å²) >= 11 is 0. The van der Waals surface area contributed by atoms with Crippen LogP contribution < -0.4 is 0 Å². The van der Waals surface area contributed by atoms with Gasteiger partial charge in [0, 0.05) is 12.0 Å². The number of benzene rings is 1. The van der Waals surface area contributed by atoms with Gasteiger partial charge in [0.05, 0.1) is 11.4 Å². The smallest absolute Gasteiger partial charge is 0.382 e. The van der Waals surface area contributed by atoms with Crippen molar-refractivity contribution in [2.24, 2.45) is 0 Å². The molecule has 0 fully saturated rings. The lowest BCUT2D eigenvalue weighted by molar-refractivity contribution is -0.150. The molecule has 1 aromatic heterocycles. The van der Waals surface area contributed by atoms with Gasteiger partial charge >= 0.3 is 6.18 Å². The minimum atomic E-state index is -5.00. The molecule has 3 rings (SSSR count). The van der Waals surface area contributed by atoms with Gasteiger partial charge in [-0.25, -0.2) is 17.9 Å². The van der Waals surface area contributed by atoms with Crippen LogP contribution in [0.25, 0.3) is 5.69 Å².